The zero-order chi connectivity index (χ0) is 13.8. The maximum Gasteiger partial charge on any atom is 0.228 e. The van der Waals surface area contributed by atoms with Gasteiger partial charge in [0.15, 0.2) is 0 Å². The third-order valence-electron chi connectivity index (χ3n) is 2.49. The van der Waals surface area contributed by atoms with Crippen molar-refractivity contribution in [2.24, 2.45) is 0 Å². The van der Waals surface area contributed by atoms with E-state index in [9.17, 15) is 9.90 Å². The monoisotopic (exact) mass is 295 g/mol. The molecule has 0 fully saturated rings. The van der Waals surface area contributed by atoms with Gasteiger partial charge in [-0.15, -0.1) is 0 Å². The highest BCUT2D eigenvalue weighted by atomic mass is 35.5. The third kappa shape index (κ3) is 3.88. The number of anilines is 1. The van der Waals surface area contributed by atoms with Crippen molar-refractivity contribution in [1.29, 1.82) is 0 Å². The van der Waals surface area contributed by atoms with E-state index in [1.807, 2.05) is 0 Å². The number of para-hydroxylation sites is 1. The zero-order valence-corrected chi connectivity index (χ0v) is 11.4. The number of amides is 1. The molecular formula is C14H11Cl2NO2. The van der Waals surface area contributed by atoms with Gasteiger partial charge in [0.1, 0.15) is 5.75 Å². The van der Waals surface area contributed by atoms with Gasteiger partial charge in [-0.3, -0.25) is 4.79 Å². The average Bonchev–Trinajstić information content (AvgIpc) is 2.30. The van der Waals surface area contributed by atoms with Gasteiger partial charge in [0.05, 0.1) is 6.42 Å². The first-order chi connectivity index (χ1) is 9.04. The van der Waals surface area contributed by atoms with Gasteiger partial charge in [-0.1, -0.05) is 41.4 Å². The van der Waals surface area contributed by atoms with Gasteiger partial charge >= 0.3 is 0 Å². The Hall–Kier alpha value is -1.71. The highest BCUT2D eigenvalue weighted by molar-refractivity contribution is 6.35. The van der Waals surface area contributed by atoms with E-state index in [2.05, 4.69) is 5.32 Å². The number of hydrogen-bond acceptors (Lipinski definition) is 2. The number of halogens is 2. The molecule has 2 rings (SSSR count). The molecular weight excluding hydrogens is 285 g/mol. The largest absolute Gasteiger partial charge is 0.508 e. The van der Waals surface area contributed by atoms with Crippen LogP contribution in [0, 0.1) is 0 Å². The summed E-state index contributed by atoms with van der Waals surface area (Å²) < 4.78 is 0. The van der Waals surface area contributed by atoms with Crippen molar-refractivity contribution < 1.29 is 9.90 Å². The van der Waals surface area contributed by atoms with E-state index in [1.165, 1.54) is 0 Å². The predicted octanol–water partition coefficient (Wildman–Crippen LogP) is 3.88. The van der Waals surface area contributed by atoms with E-state index >= 15 is 0 Å². The Kier molecular flexibility index (Phi) is 4.30. The second-order valence-electron chi connectivity index (χ2n) is 4.01. The van der Waals surface area contributed by atoms with Gasteiger partial charge in [-0.05, 0) is 24.3 Å². The first-order valence-corrected chi connectivity index (χ1v) is 6.33. The lowest BCUT2D eigenvalue weighted by Gasteiger charge is -2.07. The number of carbonyl (C=O) groups is 1. The topological polar surface area (TPSA) is 49.3 Å². The summed E-state index contributed by atoms with van der Waals surface area (Å²) in [5, 5.41) is 13.2. The van der Waals surface area contributed by atoms with Gasteiger partial charge in [0.25, 0.3) is 0 Å². The Morgan fingerprint density at radius 3 is 2.37 bits per heavy atom. The highest BCUT2D eigenvalue weighted by Gasteiger charge is 2.08. The molecule has 3 nitrogen and oxygen atoms in total. The van der Waals surface area contributed by atoms with Gasteiger partial charge in [0.2, 0.25) is 5.91 Å². The number of nitrogens with one attached hydrogen (secondary N) is 1. The number of carbonyl (C=O) groups excluding carboxylic acids is 1. The summed E-state index contributed by atoms with van der Waals surface area (Å²) in [5.74, 6) is -0.151. The Labute approximate surface area is 120 Å². The standard InChI is InChI=1S/C14H11Cl2NO2/c15-10-6-11(16)8-12(7-10)17-14(19)5-9-3-1-2-4-13(9)18/h1-4,6-8,18H,5H2,(H,17,19). The zero-order valence-electron chi connectivity index (χ0n) is 9.86. The van der Waals surface area contributed by atoms with Gasteiger partial charge in [-0.25, -0.2) is 0 Å². The molecule has 0 saturated heterocycles. The van der Waals surface area contributed by atoms with E-state index < -0.39 is 0 Å². The predicted molar refractivity (Wildman–Crippen MR) is 76.9 cm³/mol. The average molecular weight is 296 g/mol. The minimum atomic E-state index is -0.250. The van der Waals surface area contributed by atoms with E-state index in [1.54, 1.807) is 42.5 Å². The summed E-state index contributed by atoms with van der Waals surface area (Å²) >= 11 is 11.7. The number of hydrogen-bond donors (Lipinski definition) is 2. The molecule has 0 heterocycles. The van der Waals surface area contributed by atoms with Gasteiger partial charge in [-0.2, -0.15) is 0 Å². The second-order valence-corrected chi connectivity index (χ2v) is 4.88. The molecule has 0 saturated carbocycles. The minimum Gasteiger partial charge on any atom is -0.508 e. The lowest BCUT2D eigenvalue weighted by atomic mass is 10.1. The van der Waals surface area contributed by atoms with Crippen molar-refractivity contribution in [3.05, 3.63) is 58.1 Å². The van der Waals surface area contributed by atoms with Crippen LogP contribution in [-0.4, -0.2) is 11.0 Å². The fraction of sp³-hybridized carbons (Fsp3) is 0.0714. The molecule has 0 aromatic heterocycles. The number of rotatable bonds is 3. The molecule has 98 valence electrons. The van der Waals surface area contributed by atoms with Crippen LogP contribution in [0.1, 0.15) is 5.56 Å². The van der Waals surface area contributed by atoms with Crippen LogP contribution in [0.2, 0.25) is 10.0 Å². The molecule has 0 radical (unpaired) electrons. The van der Waals surface area contributed by atoms with E-state index in [4.69, 9.17) is 23.2 Å². The first-order valence-electron chi connectivity index (χ1n) is 5.57. The molecule has 0 unspecified atom stereocenters. The van der Waals surface area contributed by atoms with Crippen molar-refractivity contribution >= 4 is 34.8 Å². The highest BCUT2D eigenvalue weighted by Crippen LogP contribution is 2.23. The summed E-state index contributed by atoms with van der Waals surface area (Å²) in [4.78, 5) is 11.8. The minimum absolute atomic E-state index is 0.0802. The summed E-state index contributed by atoms with van der Waals surface area (Å²) in [6.07, 6.45) is 0.0802. The smallest absolute Gasteiger partial charge is 0.228 e. The Morgan fingerprint density at radius 2 is 1.74 bits per heavy atom. The van der Waals surface area contributed by atoms with Crippen molar-refractivity contribution in [2.45, 2.75) is 6.42 Å². The van der Waals surface area contributed by atoms with Crippen LogP contribution in [0.5, 0.6) is 5.75 Å². The van der Waals surface area contributed by atoms with Crippen molar-refractivity contribution in [2.75, 3.05) is 5.32 Å². The molecule has 2 aromatic rings. The number of aromatic hydroxyl groups is 1. The molecule has 5 heteroatoms. The second kappa shape index (κ2) is 5.95. The SMILES string of the molecule is O=C(Cc1ccccc1O)Nc1cc(Cl)cc(Cl)c1. The number of benzene rings is 2. The van der Waals surface area contributed by atoms with Gasteiger partial charge in [0, 0.05) is 21.3 Å². The van der Waals surface area contributed by atoms with Crippen LogP contribution in [0.25, 0.3) is 0 Å². The van der Waals surface area contributed by atoms with Crippen LogP contribution in [0.15, 0.2) is 42.5 Å². The number of phenolic OH excluding ortho intramolecular Hbond substituents is 1. The molecule has 2 N–H and O–H groups in total. The molecule has 1 amide bonds. The lowest BCUT2D eigenvalue weighted by molar-refractivity contribution is -0.115. The fourth-order valence-corrected chi connectivity index (χ4v) is 2.19. The van der Waals surface area contributed by atoms with Crippen LogP contribution in [0.3, 0.4) is 0 Å². The molecule has 0 aliphatic rings. The summed E-state index contributed by atoms with van der Waals surface area (Å²) in [6.45, 7) is 0. The van der Waals surface area contributed by atoms with Crippen molar-refractivity contribution in [3.63, 3.8) is 0 Å². The summed E-state index contributed by atoms with van der Waals surface area (Å²) in [5.41, 5.74) is 1.09. The lowest BCUT2D eigenvalue weighted by Crippen LogP contribution is -2.14. The van der Waals surface area contributed by atoms with Crippen molar-refractivity contribution in [1.82, 2.24) is 0 Å². The van der Waals surface area contributed by atoms with Gasteiger partial charge < -0.3 is 10.4 Å². The van der Waals surface area contributed by atoms with E-state index in [0.717, 1.165) is 0 Å². The fourth-order valence-electron chi connectivity index (χ4n) is 1.66. The maximum absolute atomic E-state index is 11.8. The van der Waals surface area contributed by atoms with Crippen LogP contribution in [-0.2, 0) is 11.2 Å². The molecule has 2 aromatic carbocycles. The summed E-state index contributed by atoms with van der Waals surface area (Å²) in [7, 11) is 0. The maximum atomic E-state index is 11.8. The van der Waals surface area contributed by atoms with E-state index in [-0.39, 0.29) is 18.1 Å². The summed E-state index contributed by atoms with van der Waals surface area (Å²) in [6, 6.07) is 11.5. The van der Waals surface area contributed by atoms with Crippen molar-refractivity contribution in [3.8, 4) is 5.75 Å². The molecule has 0 spiro atoms. The normalized spacial score (nSPS) is 10.2. The Morgan fingerprint density at radius 1 is 1.11 bits per heavy atom. The molecule has 0 aliphatic carbocycles. The molecule has 0 aliphatic heterocycles. The molecule has 19 heavy (non-hydrogen) atoms. The Bertz CT molecular complexity index is 594. The molecule has 0 bridgehead atoms. The molecule has 0 atom stereocenters. The number of phenols is 1. The van der Waals surface area contributed by atoms with E-state index in [0.29, 0.717) is 21.3 Å². The quantitative estimate of drug-likeness (QED) is 0.903. The third-order valence-corrected chi connectivity index (χ3v) is 2.93. The first kappa shape index (κ1) is 13.7. The van der Waals surface area contributed by atoms with Crippen LogP contribution >= 0.6 is 23.2 Å². The Balaban J connectivity index is 2.07. The van der Waals surface area contributed by atoms with Crippen LogP contribution in [0.4, 0.5) is 5.69 Å². The van der Waals surface area contributed by atoms with Crippen LogP contribution < -0.4 is 5.32 Å².